The van der Waals surface area contributed by atoms with Gasteiger partial charge < -0.3 is 14.8 Å². The normalized spacial score (nSPS) is 11.6. The number of aromatic nitrogens is 2. The molecule has 7 heteroatoms. The van der Waals surface area contributed by atoms with Gasteiger partial charge in [0.05, 0.1) is 17.6 Å². The SMILES string of the molecule is O=C(O)C(=O)/C=C(\O)c1nc2ccccc2n1Cc1ccccc1Cl. The second kappa shape index (κ2) is 6.78. The fraction of sp³-hybridized carbons (Fsp3) is 0.0556. The third-order valence-electron chi connectivity index (χ3n) is 3.65. The maximum absolute atomic E-state index is 11.4. The Bertz CT molecular complexity index is 1010. The highest BCUT2D eigenvalue weighted by Gasteiger charge is 2.18. The van der Waals surface area contributed by atoms with Crippen LogP contribution in [0.2, 0.25) is 5.02 Å². The van der Waals surface area contributed by atoms with Crippen LogP contribution in [0.1, 0.15) is 11.4 Å². The van der Waals surface area contributed by atoms with Crippen molar-refractivity contribution in [2.75, 3.05) is 0 Å². The Morgan fingerprint density at radius 3 is 2.48 bits per heavy atom. The van der Waals surface area contributed by atoms with E-state index in [1.165, 1.54) is 0 Å². The Labute approximate surface area is 147 Å². The van der Waals surface area contributed by atoms with Crippen molar-refractivity contribution in [1.29, 1.82) is 0 Å². The molecule has 3 rings (SSSR count). The number of imidazole rings is 1. The number of rotatable bonds is 5. The standard InChI is InChI=1S/C18H13ClN2O4/c19-12-6-2-1-5-11(12)10-21-14-8-4-3-7-13(14)20-17(21)15(22)9-16(23)18(24)25/h1-9,22H,10H2,(H,24,25)/b15-9-. The number of ketones is 1. The summed E-state index contributed by atoms with van der Waals surface area (Å²) in [5.41, 5.74) is 2.12. The number of nitrogens with zero attached hydrogens (tertiary/aromatic N) is 2. The Hall–Kier alpha value is -3.12. The molecule has 1 aromatic heterocycles. The van der Waals surface area contributed by atoms with Crippen LogP contribution in [-0.4, -0.2) is 31.5 Å². The van der Waals surface area contributed by atoms with Gasteiger partial charge in [0, 0.05) is 11.1 Å². The second-order valence-corrected chi connectivity index (χ2v) is 5.71. The highest BCUT2D eigenvalue weighted by Crippen LogP contribution is 2.24. The Morgan fingerprint density at radius 1 is 1.08 bits per heavy atom. The second-order valence-electron chi connectivity index (χ2n) is 5.30. The minimum absolute atomic E-state index is 0.0933. The molecular weight excluding hydrogens is 344 g/mol. The van der Waals surface area contributed by atoms with Crippen molar-refractivity contribution >= 4 is 40.1 Å². The summed E-state index contributed by atoms with van der Waals surface area (Å²) in [5.74, 6) is -3.31. The average molecular weight is 357 g/mol. The van der Waals surface area contributed by atoms with Crippen molar-refractivity contribution < 1.29 is 19.8 Å². The number of carbonyl (C=O) groups is 2. The van der Waals surface area contributed by atoms with Crippen LogP contribution < -0.4 is 0 Å². The van der Waals surface area contributed by atoms with E-state index >= 15 is 0 Å². The highest BCUT2D eigenvalue weighted by atomic mass is 35.5. The molecule has 3 aromatic rings. The Balaban J connectivity index is 2.14. The number of fused-ring (bicyclic) bond motifs is 1. The molecule has 0 amide bonds. The summed E-state index contributed by atoms with van der Waals surface area (Å²) in [6.07, 6.45) is 0.645. The Kier molecular flexibility index (Phi) is 4.54. The maximum Gasteiger partial charge on any atom is 0.376 e. The molecule has 1 heterocycles. The molecule has 0 aliphatic carbocycles. The summed E-state index contributed by atoms with van der Waals surface area (Å²) >= 11 is 6.21. The van der Waals surface area contributed by atoms with Gasteiger partial charge in [-0.1, -0.05) is 41.9 Å². The van der Waals surface area contributed by atoms with E-state index in [-0.39, 0.29) is 5.82 Å². The molecule has 6 nitrogen and oxygen atoms in total. The first-order chi connectivity index (χ1) is 12.0. The zero-order chi connectivity index (χ0) is 18.0. The first-order valence-corrected chi connectivity index (χ1v) is 7.72. The van der Waals surface area contributed by atoms with Gasteiger partial charge in [-0.05, 0) is 23.8 Å². The summed E-state index contributed by atoms with van der Waals surface area (Å²) in [5, 5.41) is 19.5. The number of carboxylic acids is 1. The number of aliphatic hydroxyl groups is 1. The lowest BCUT2D eigenvalue weighted by Crippen LogP contribution is -2.11. The molecular formula is C18H13ClN2O4. The van der Waals surface area contributed by atoms with Crippen molar-refractivity contribution in [2.45, 2.75) is 6.54 Å². The molecule has 2 N–H and O–H groups in total. The molecule has 0 fully saturated rings. The van der Waals surface area contributed by atoms with Gasteiger partial charge in [0.1, 0.15) is 0 Å². The predicted octanol–water partition coefficient (Wildman–Crippen LogP) is 3.29. The largest absolute Gasteiger partial charge is 0.504 e. The smallest absolute Gasteiger partial charge is 0.376 e. The van der Waals surface area contributed by atoms with Crippen LogP contribution in [0.3, 0.4) is 0 Å². The van der Waals surface area contributed by atoms with E-state index in [2.05, 4.69) is 4.98 Å². The number of aliphatic carboxylic acids is 1. The maximum atomic E-state index is 11.4. The molecule has 0 unspecified atom stereocenters. The van der Waals surface area contributed by atoms with Gasteiger partial charge in [-0.25, -0.2) is 9.78 Å². The lowest BCUT2D eigenvalue weighted by Gasteiger charge is -2.10. The number of benzene rings is 2. The van der Waals surface area contributed by atoms with Crippen molar-refractivity contribution in [3.05, 3.63) is 71.0 Å². The van der Waals surface area contributed by atoms with Crippen molar-refractivity contribution in [3.8, 4) is 0 Å². The number of hydrogen-bond donors (Lipinski definition) is 2. The predicted molar refractivity (Wildman–Crippen MR) is 93.5 cm³/mol. The van der Waals surface area contributed by atoms with E-state index < -0.39 is 17.5 Å². The zero-order valence-electron chi connectivity index (χ0n) is 12.9. The quantitative estimate of drug-likeness (QED) is 0.415. The molecule has 2 aromatic carbocycles. The number of hydrogen-bond acceptors (Lipinski definition) is 4. The zero-order valence-corrected chi connectivity index (χ0v) is 13.6. The average Bonchev–Trinajstić information content (AvgIpc) is 2.95. The molecule has 0 radical (unpaired) electrons. The van der Waals surface area contributed by atoms with E-state index in [4.69, 9.17) is 16.7 Å². The number of aliphatic hydroxyl groups excluding tert-OH is 1. The molecule has 0 aliphatic rings. The van der Waals surface area contributed by atoms with E-state index in [1.54, 1.807) is 22.8 Å². The highest BCUT2D eigenvalue weighted by molar-refractivity contribution is 6.38. The lowest BCUT2D eigenvalue weighted by molar-refractivity contribution is -0.146. The first-order valence-electron chi connectivity index (χ1n) is 7.34. The van der Waals surface area contributed by atoms with Gasteiger partial charge in [0.25, 0.3) is 5.78 Å². The van der Waals surface area contributed by atoms with E-state index in [9.17, 15) is 14.7 Å². The summed E-state index contributed by atoms with van der Waals surface area (Å²) in [6, 6.07) is 14.4. The molecule has 0 aliphatic heterocycles. The van der Waals surface area contributed by atoms with Gasteiger partial charge in [-0.3, -0.25) is 4.79 Å². The fourth-order valence-electron chi connectivity index (χ4n) is 2.48. The first kappa shape index (κ1) is 16.7. The van der Waals surface area contributed by atoms with Crippen LogP contribution in [0.5, 0.6) is 0 Å². The minimum atomic E-state index is -1.65. The lowest BCUT2D eigenvalue weighted by atomic mass is 10.2. The molecule has 0 bridgehead atoms. The van der Waals surface area contributed by atoms with Crippen LogP contribution in [0.4, 0.5) is 0 Å². The molecule has 0 saturated carbocycles. The topological polar surface area (TPSA) is 92.4 Å². The van der Waals surface area contributed by atoms with Crippen LogP contribution in [0.25, 0.3) is 16.8 Å². The summed E-state index contributed by atoms with van der Waals surface area (Å²) < 4.78 is 1.68. The van der Waals surface area contributed by atoms with Crippen molar-refractivity contribution in [1.82, 2.24) is 9.55 Å². The van der Waals surface area contributed by atoms with Gasteiger partial charge in [0.15, 0.2) is 11.6 Å². The van der Waals surface area contributed by atoms with E-state index in [0.717, 1.165) is 11.1 Å². The van der Waals surface area contributed by atoms with Gasteiger partial charge in [-0.2, -0.15) is 0 Å². The van der Waals surface area contributed by atoms with Gasteiger partial charge >= 0.3 is 5.97 Å². The van der Waals surface area contributed by atoms with Gasteiger partial charge in [-0.15, -0.1) is 0 Å². The Morgan fingerprint density at radius 2 is 1.76 bits per heavy atom. The van der Waals surface area contributed by atoms with E-state index in [0.29, 0.717) is 23.2 Å². The number of carbonyl (C=O) groups excluding carboxylic acids is 1. The van der Waals surface area contributed by atoms with Crippen molar-refractivity contribution in [3.63, 3.8) is 0 Å². The molecule has 0 spiro atoms. The molecule has 0 saturated heterocycles. The minimum Gasteiger partial charge on any atom is -0.504 e. The van der Waals surface area contributed by atoms with Gasteiger partial charge in [0.2, 0.25) is 0 Å². The number of carboxylic acid groups (broad SMARTS) is 1. The van der Waals surface area contributed by atoms with Crippen LogP contribution >= 0.6 is 11.6 Å². The third-order valence-corrected chi connectivity index (χ3v) is 4.02. The summed E-state index contributed by atoms with van der Waals surface area (Å²) in [7, 11) is 0. The fourth-order valence-corrected chi connectivity index (χ4v) is 2.67. The molecule has 126 valence electrons. The monoisotopic (exact) mass is 356 g/mol. The van der Waals surface area contributed by atoms with Crippen LogP contribution in [0, 0.1) is 0 Å². The molecule has 25 heavy (non-hydrogen) atoms. The number of para-hydroxylation sites is 2. The molecule has 0 atom stereocenters. The third kappa shape index (κ3) is 3.39. The van der Waals surface area contributed by atoms with Crippen molar-refractivity contribution in [2.24, 2.45) is 0 Å². The van der Waals surface area contributed by atoms with Crippen LogP contribution in [0.15, 0.2) is 54.6 Å². The van der Waals surface area contributed by atoms with Crippen LogP contribution in [-0.2, 0) is 16.1 Å². The van der Waals surface area contributed by atoms with E-state index in [1.807, 2.05) is 30.3 Å². The summed E-state index contributed by atoms with van der Waals surface area (Å²) in [4.78, 5) is 26.4. The number of halogens is 1. The summed E-state index contributed by atoms with van der Waals surface area (Å²) in [6.45, 7) is 0.300.